The Labute approximate surface area is 151 Å². The Balaban J connectivity index is 1.95. The Hall–Kier alpha value is -2.15. The van der Waals surface area contributed by atoms with Crippen molar-refractivity contribution in [3.05, 3.63) is 34.0 Å². The Morgan fingerprint density at radius 2 is 2.24 bits per heavy atom. The maximum Gasteiger partial charge on any atom is 0.341 e. The predicted octanol–water partition coefficient (Wildman–Crippen LogP) is 3.43. The summed E-state index contributed by atoms with van der Waals surface area (Å²) in [5.74, 6) is 0.0215. The lowest BCUT2D eigenvalue weighted by Gasteiger charge is -2.20. The van der Waals surface area contributed by atoms with E-state index in [1.165, 1.54) is 20.9 Å². The van der Waals surface area contributed by atoms with Crippen molar-refractivity contribution >= 4 is 28.2 Å². The quantitative estimate of drug-likeness (QED) is 0.828. The maximum absolute atomic E-state index is 12.5. The number of aromatic nitrogens is 2. The predicted molar refractivity (Wildman–Crippen MR) is 97.2 cm³/mol. The number of ether oxygens (including phenoxy) is 1. The monoisotopic (exact) mass is 361 g/mol. The number of rotatable bonds is 5. The fraction of sp³-hybridized carbons (Fsp3) is 0.500. The second-order valence-electron chi connectivity index (χ2n) is 6.24. The van der Waals surface area contributed by atoms with Gasteiger partial charge in [-0.25, -0.2) is 4.79 Å². The Kier molecular flexibility index (Phi) is 5.22. The van der Waals surface area contributed by atoms with Gasteiger partial charge in [-0.2, -0.15) is 5.10 Å². The number of carbonyl (C=O) groups excluding carboxylic acids is 2. The van der Waals surface area contributed by atoms with E-state index >= 15 is 0 Å². The minimum absolute atomic E-state index is 0.267. The van der Waals surface area contributed by atoms with Crippen molar-refractivity contribution in [1.29, 1.82) is 0 Å². The first-order valence-corrected chi connectivity index (χ1v) is 9.47. The molecule has 0 saturated carbocycles. The van der Waals surface area contributed by atoms with Crippen LogP contribution in [0.5, 0.6) is 0 Å². The number of hydrogen-bond donors (Lipinski definition) is 1. The van der Waals surface area contributed by atoms with Gasteiger partial charge in [-0.1, -0.05) is 13.3 Å². The first kappa shape index (κ1) is 17.7. The van der Waals surface area contributed by atoms with E-state index in [1.807, 2.05) is 0 Å². The Morgan fingerprint density at radius 3 is 2.88 bits per heavy atom. The van der Waals surface area contributed by atoms with E-state index in [0.717, 1.165) is 31.2 Å². The number of esters is 1. The van der Waals surface area contributed by atoms with Gasteiger partial charge in [0.2, 0.25) is 0 Å². The highest BCUT2D eigenvalue weighted by atomic mass is 32.1. The smallest absolute Gasteiger partial charge is 0.341 e. The third-order valence-electron chi connectivity index (χ3n) is 4.70. The lowest BCUT2D eigenvalue weighted by molar-refractivity contribution is 0.0526. The van der Waals surface area contributed by atoms with Crippen molar-refractivity contribution < 1.29 is 14.3 Å². The third kappa shape index (κ3) is 3.46. The first-order chi connectivity index (χ1) is 12.0. The number of nitrogens with one attached hydrogen (secondary N) is 1. The molecule has 0 saturated heterocycles. The number of hydrogen-bond acceptors (Lipinski definition) is 5. The molecule has 0 unspecified atom stereocenters. The van der Waals surface area contributed by atoms with E-state index in [2.05, 4.69) is 17.3 Å². The van der Waals surface area contributed by atoms with Gasteiger partial charge in [-0.15, -0.1) is 11.3 Å². The van der Waals surface area contributed by atoms with Gasteiger partial charge in [0, 0.05) is 18.1 Å². The summed E-state index contributed by atoms with van der Waals surface area (Å²) < 4.78 is 6.75. The highest BCUT2D eigenvalue weighted by Crippen LogP contribution is 2.41. The first-order valence-electron chi connectivity index (χ1n) is 8.66. The van der Waals surface area contributed by atoms with E-state index in [4.69, 9.17) is 4.74 Å². The van der Waals surface area contributed by atoms with Crippen LogP contribution in [-0.4, -0.2) is 28.3 Å². The van der Waals surface area contributed by atoms with Crippen LogP contribution in [0.4, 0.5) is 5.00 Å². The van der Waals surface area contributed by atoms with Crippen molar-refractivity contribution in [2.45, 2.75) is 39.5 Å². The van der Waals surface area contributed by atoms with Crippen LogP contribution in [0.2, 0.25) is 0 Å². The second-order valence-corrected chi connectivity index (χ2v) is 7.34. The minimum Gasteiger partial charge on any atom is -0.462 e. The topological polar surface area (TPSA) is 73.2 Å². The zero-order valence-corrected chi connectivity index (χ0v) is 15.6. The Bertz CT molecular complexity index is 794. The van der Waals surface area contributed by atoms with Crippen LogP contribution < -0.4 is 5.32 Å². The molecule has 1 aliphatic carbocycles. The van der Waals surface area contributed by atoms with Crippen molar-refractivity contribution in [3.63, 3.8) is 0 Å². The molecule has 1 amide bonds. The molecule has 7 heteroatoms. The van der Waals surface area contributed by atoms with Crippen LogP contribution in [-0.2, 0) is 24.6 Å². The van der Waals surface area contributed by atoms with Gasteiger partial charge in [0.25, 0.3) is 5.91 Å². The van der Waals surface area contributed by atoms with Crippen LogP contribution >= 0.6 is 11.3 Å². The van der Waals surface area contributed by atoms with Gasteiger partial charge >= 0.3 is 5.97 Å². The van der Waals surface area contributed by atoms with Crippen molar-refractivity contribution in [2.75, 3.05) is 11.9 Å². The van der Waals surface area contributed by atoms with Crippen molar-refractivity contribution in [2.24, 2.45) is 13.0 Å². The molecule has 25 heavy (non-hydrogen) atoms. The summed E-state index contributed by atoms with van der Waals surface area (Å²) in [7, 11) is 1.71. The molecular weight excluding hydrogens is 338 g/mol. The highest BCUT2D eigenvalue weighted by Gasteiger charge is 2.30. The maximum atomic E-state index is 12.5. The number of nitrogens with zero attached hydrogens (tertiary/aromatic N) is 2. The molecule has 6 nitrogen and oxygen atoms in total. The average Bonchev–Trinajstić information content (AvgIpc) is 3.17. The largest absolute Gasteiger partial charge is 0.462 e. The molecule has 0 fully saturated rings. The normalized spacial score (nSPS) is 16.4. The molecule has 0 aromatic carbocycles. The zero-order valence-electron chi connectivity index (χ0n) is 14.8. The summed E-state index contributed by atoms with van der Waals surface area (Å²) in [6.45, 7) is 4.30. The molecule has 134 valence electrons. The molecule has 1 aliphatic rings. The van der Waals surface area contributed by atoms with Gasteiger partial charge in [0.15, 0.2) is 0 Å². The molecule has 2 aromatic heterocycles. The highest BCUT2D eigenvalue weighted by molar-refractivity contribution is 7.17. The van der Waals surface area contributed by atoms with E-state index in [-0.39, 0.29) is 11.9 Å². The van der Waals surface area contributed by atoms with Gasteiger partial charge in [0.1, 0.15) is 10.7 Å². The lowest BCUT2D eigenvalue weighted by Crippen LogP contribution is -2.18. The fourth-order valence-corrected chi connectivity index (χ4v) is 4.62. The summed E-state index contributed by atoms with van der Waals surface area (Å²) >= 11 is 1.50. The van der Waals surface area contributed by atoms with Gasteiger partial charge in [-0.3, -0.25) is 9.48 Å². The van der Waals surface area contributed by atoms with E-state index in [0.29, 0.717) is 28.8 Å². The second kappa shape index (κ2) is 7.39. The standard InChI is InChI=1S/C18H23N3O3S/c1-4-11-6-7-12-14(10-11)25-17(15(12)18(23)24-5-2)20-16(22)13-8-9-19-21(13)3/h8-9,11H,4-7,10H2,1-3H3,(H,20,22)/t11-/m0/s1. The number of fused-ring (bicyclic) bond motifs is 1. The van der Waals surface area contributed by atoms with E-state index in [9.17, 15) is 9.59 Å². The molecule has 0 spiro atoms. The summed E-state index contributed by atoms with van der Waals surface area (Å²) in [5.41, 5.74) is 2.04. The van der Waals surface area contributed by atoms with Crippen LogP contribution in [0.15, 0.2) is 12.3 Å². The zero-order chi connectivity index (χ0) is 18.0. The van der Waals surface area contributed by atoms with Crippen molar-refractivity contribution in [1.82, 2.24) is 9.78 Å². The molecule has 0 bridgehead atoms. The van der Waals surface area contributed by atoms with E-state index < -0.39 is 0 Å². The molecule has 1 atom stereocenters. The number of carbonyl (C=O) groups is 2. The number of amides is 1. The molecule has 0 radical (unpaired) electrons. The molecule has 1 N–H and O–H groups in total. The summed E-state index contributed by atoms with van der Waals surface area (Å²) in [6, 6.07) is 1.65. The number of anilines is 1. The van der Waals surface area contributed by atoms with Gasteiger partial charge in [0.05, 0.1) is 12.2 Å². The average molecular weight is 361 g/mol. The summed E-state index contributed by atoms with van der Waals surface area (Å²) in [5, 5.41) is 7.51. The molecule has 2 aromatic rings. The van der Waals surface area contributed by atoms with Crippen LogP contribution in [0.1, 0.15) is 58.0 Å². The summed E-state index contributed by atoms with van der Waals surface area (Å²) in [6.07, 6.45) is 5.60. The van der Waals surface area contributed by atoms with Crippen LogP contribution in [0, 0.1) is 5.92 Å². The van der Waals surface area contributed by atoms with Crippen LogP contribution in [0.3, 0.4) is 0 Å². The van der Waals surface area contributed by atoms with Crippen LogP contribution in [0.25, 0.3) is 0 Å². The molecule has 3 rings (SSSR count). The minimum atomic E-state index is -0.352. The SMILES string of the molecule is CCOC(=O)c1c(NC(=O)c2ccnn2C)sc2c1CC[C@H](CC)C2. The number of aryl methyl sites for hydroxylation is 1. The summed E-state index contributed by atoms with van der Waals surface area (Å²) in [4.78, 5) is 26.2. The lowest BCUT2D eigenvalue weighted by atomic mass is 9.85. The Morgan fingerprint density at radius 1 is 1.44 bits per heavy atom. The van der Waals surface area contributed by atoms with Gasteiger partial charge < -0.3 is 10.1 Å². The molecule has 0 aliphatic heterocycles. The molecular formula is C18H23N3O3S. The van der Waals surface area contributed by atoms with E-state index in [1.54, 1.807) is 26.2 Å². The van der Waals surface area contributed by atoms with Crippen molar-refractivity contribution in [3.8, 4) is 0 Å². The fourth-order valence-electron chi connectivity index (χ4n) is 3.27. The van der Waals surface area contributed by atoms with Gasteiger partial charge in [-0.05, 0) is 43.7 Å². The third-order valence-corrected chi connectivity index (χ3v) is 5.87. The molecule has 2 heterocycles. The number of thiophene rings is 1.